The molecule has 0 aliphatic rings. The highest BCUT2D eigenvalue weighted by molar-refractivity contribution is 7.14. The van der Waals surface area contributed by atoms with Crippen molar-refractivity contribution in [3.63, 3.8) is 0 Å². The van der Waals surface area contributed by atoms with Gasteiger partial charge in [0.2, 0.25) is 5.91 Å². The van der Waals surface area contributed by atoms with Crippen LogP contribution in [0.1, 0.15) is 67.6 Å². The Balaban J connectivity index is 2.00. The molecular weight excluding hydrogens is 358 g/mol. The van der Waals surface area contributed by atoms with Crippen molar-refractivity contribution in [2.75, 3.05) is 11.9 Å². The summed E-state index contributed by atoms with van der Waals surface area (Å²) in [5.74, 6) is 0.137. The maximum Gasteiger partial charge on any atom is 0.251 e. The van der Waals surface area contributed by atoms with Crippen LogP contribution in [0.25, 0.3) is 0 Å². The SMILES string of the molecule is CC[C@H](C)c1ccc([C@H](NCC(=O)Nc2sccc2C(N)=O)C(C)C)cc1. The monoisotopic (exact) mass is 387 g/mol. The van der Waals surface area contributed by atoms with E-state index in [1.807, 2.05) is 0 Å². The largest absolute Gasteiger partial charge is 0.366 e. The standard InChI is InChI=1S/C21H29N3O2S/c1-5-14(4)15-6-8-16(9-7-15)19(13(2)3)23-12-18(25)24-21-17(20(22)26)10-11-27-21/h6-11,13-14,19,23H,5,12H2,1-4H3,(H2,22,26)(H,24,25)/t14-,19+/m0/s1. The average Bonchev–Trinajstić information content (AvgIpc) is 3.09. The molecular formula is C21H29N3O2S. The van der Waals surface area contributed by atoms with Crippen LogP contribution in [0.5, 0.6) is 0 Å². The normalized spacial score (nSPS) is 13.4. The Morgan fingerprint density at radius 1 is 1.07 bits per heavy atom. The summed E-state index contributed by atoms with van der Waals surface area (Å²) >= 11 is 1.29. The molecule has 5 nitrogen and oxygen atoms in total. The molecule has 1 heterocycles. The van der Waals surface area contributed by atoms with Gasteiger partial charge in [-0.3, -0.25) is 9.59 Å². The third kappa shape index (κ3) is 5.65. The third-order valence-corrected chi connectivity index (χ3v) is 5.64. The first kappa shape index (κ1) is 21.1. The Hall–Kier alpha value is -2.18. The van der Waals surface area contributed by atoms with Crippen LogP contribution in [0.3, 0.4) is 0 Å². The van der Waals surface area contributed by atoms with Crippen LogP contribution in [-0.2, 0) is 4.79 Å². The number of carbonyl (C=O) groups excluding carboxylic acids is 2. The summed E-state index contributed by atoms with van der Waals surface area (Å²) in [6.45, 7) is 8.83. The molecule has 0 bridgehead atoms. The van der Waals surface area contributed by atoms with Crippen molar-refractivity contribution >= 4 is 28.2 Å². The molecule has 1 aromatic heterocycles. The molecule has 0 aliphatic carbocycles. The molecule has 27 heavy (non-hydrogen) atoms. The maximum absolute atomic E-state index is 12.3. The molecule has 0 saturated heterocycles. The number of hydrogen-bond donors (Lipinski definition) is 3. The lowest BCUT2D eigenvalue weighted by Gasteiger charge is -2.23. The number of carbonyl (C=O) groups is 2. The van der Waals surface area contributed by atoms with Gasteiger partial charge in [0.25, 0.3) is 5.91 Å². The summed E-state index contributed by atoms with van der Waals surface area (Å²) in [5.41, 5.74) is 8.16. The minimum Gasteiger partial charge on any atom is -0.366 e. The van der Waals surface area contributed by atoms with Crippen LogP contribution in [-0.4, -0.2) is 18.4 Å². The quantitative estimate of drug-likeness (QED) is 0.600. The van der Waals surface area contributed by atoms with E-state index in [2.05, 4.69) is 62.6 Å². The van der Waals surface area contributed by atoms with Crippen molar-refractivity contribution in [2.24, 2.45) is 11.7 Å². The van der Waals surface area contributed by atoms with E-state index in [1.165, 1.54) is 22.5 Å². The Kier molecular flexibility index (Phi) is 7.56. The first-order chi connectivity index (χ1) is 12.8. The number of rotatable bonds is 9. The fraction of sp³-hybridized carbons (Fsp3) is 0.429. The molecule has 0 aliphatic heterocycles. The third-order valence-electron chi connectivity index (χ3n) is 4.81. The Bertz CT molecular complexity index is 768. The summed E-state index contributed by atoms with van der Waals surface area (Å²) < 4.78 is 0. The molecule has 2 atom stereocenters. The van der Waals surface area contributed by atoms with E-state index in [4.69, 9.17) is 5.73 Å². The van der Waals surface area contributed by atoms with Gasteiger partial charge in [-0.2, -0.15) is 0 Å². The van der Waals surface area contributed by atoms with Gasteiger partial charge < -0.3 is 16.4 Å². The number of benzene rings is 1. The van der Waals surface area contributed by atoms with Crippen LogP contribution in [0, 0.1) is 5.92 Å². The van der Waals surface area contributed by atoms with Gasteiger partial charge in [-0.15, -0.1) is 11.3 Å². The first-order valence-corrected chi connectivity index (χ1v) is 10.2. The molecule has 0 fully saturated rings. The summed E-state index contributed by atoms with van der Waals surface area (Å²) in [7, 11) is 0. The van der Waals surface area contributed by atoms with Crippen molar-refractivity contribution in [3.8, 4) is 0 Å². The Morgan fingerprint density at radius 3 is 2.26 bits per heavy atom. The van der Waals surface area contributed by atoms with Crippen LogP contribution in [0.15, 0.2) is 35.7 Å². The van der Waals surface area contributed by atoms with Gasteiger partial charge in [-0.1, -0.05) is 52.0 Å². The van der Waals surface area contributed by atoms with Gasteiger partial charge in [0.15, 0.2) is 0 Å². The zero-order valence-electron chi connectivity index (χ0n) is 16.4. The number of nitrogens with one attached hydrogen (secondary N) is 2. The summed E-state index contributed by atoms with van der Waals surface area (Å²) in [4.78, 5) is 23.7. The molecule has 0 saturated carbocycles. The van der Waals surface area contributed by atoms with Crippen molar-refractivity contribution < 1.29 is 9.59 Å². The van der Waals surface area contributed by atoms with E-state index in [0.717, 1.165) is 6.42 Å². The Labute approximate surface area is 165 Å². The molecule has 2 amide bonds. The van der Waals surface area contributed by atoms with E-state index >= 15 is 0 Å². The Morgan fingerprint density at radius 2 is 1.70 bits per heavy atom. The molecule has 1 aromatic carbocycles. The average molecular weight is 388 g/mol. The fourth-order valence-electron chi connectivity index (χ4n) is 2.98. The van der Waals surface area contributed by atoms with Crippen molar-refractivity contribution in [2.45, 2.75) is 46.1 Å². The summed E-state index contributed by atoms with van der Waals surface area (Å²) in [6.07, 6.45) is 1.11. The van der Waals surface area contributed by atoms with Gasteiger partial charge in [0.1, 0.15) is 5.00 Å². The molecule has 2 aromatic rings. The molecule has 0 radical (unpaired) electrons. The van der Waals surface area contributed by atoms with E-state index in [0.29, 0.717) is 22.4 Å². The van der Waals surface area contributed by atoms with Gasteiger partial charge in [0.05, 0.1) is 12.1 Å². The van der Waals surface area contributed by atoms with Gasteiger partial charge in [0, 0.05) is 6.04 Å². The second kappa shape index (κ2) is 9.67. The second-order valence-electron chi connectivity index (χ2n) is 7.15. The van der Waals surface area contributed by atoms with Crippen molar-refractivity contribution in [1.29, 1.82) is 0 Å². The highest BCUT2D eigenvalue weighted by atomic mass is 32.1. The van der Waals surface area contributed by atoms with Gasteiger partial charge in [-0.25, -0.2) is 0 Å². The highest BCUT2D eigenvalue weighted by Crippen LogP contribution is 2.26. The minimum absolute atomic E-state index is 0.0701. The van der Waals surface area contributed by atoms with E-state index in [1.54, 1.807) is 11.4 Å². The molecule has 2 rings (SSSR count). The summed E-state index contributed by atoms with van der Waals surface area (Å²) in [6, 6.07) is 10.3. The predicted molar refractivity (Wildman–Crippen MR) is 112 cm³/mol. The molecule has 0 unspecified atom stereocenters. The van der Waals surface area contributed by atoms with Crippen molar-refractivity contribution in [1.82, 2.24) is 5.32 Å². The zero-order valence-corrected chi connectivity index (χ0v) is 17.2. The van der Waals surface area contributed by atoms with Crippen LogP contribution in [0.4, 0.5) is 5.00 Å². The lowest BCUT2D eigenvalue weighted by atomic mass is 9.92. The van der Waals surface area contributed by atoms with Crippen molar-refractivity contribution in [3.05, 3.63) is 52.4 Å². The number of amides is 2. The molecule has 0 spiro atoms. The van der Waals surface area contributed by atoms with E-state index in [9.17, 15) is 9.59 Å². The predicted octanol–water partition coefficient (Wildman–Crippen LogP) is 4.29. The fourth-order valence-corrected chi connectivity index (χ4v) is 3.79. The molecule has 4 N–H and O–H groups in total. The van der Waals surface area contributed by atoms with Gasteiger partial charge >= 0.3 is 0 Å². The number of thiophene rings is 1. The lowest BCUT2D eigenvalue weighted by Crippen LogP contribution is -2.33. The summed E-state index contributed by atoms with van der Waals surface area (Å²) in [5, 5.41) is 8.33. The van der Waals surface area contributed by atoms with Crippen LogP contribution >= 0.6 is 11.3 Å². The molecule has 6 heteroatoms. The van der Waals surface area contributed by atoms with E-state index in [-0.39, 0.29) is 18.5 Å². The maximum atomic E-state index is 12.3. The number of anilines is 1. The smallest absolute Gasteiger partial charge is 0.251 e. The topological polar surface area (TPSA) is 84.2 Å². The second-order valence-corrected chi connectivity index (χ2v) is 8.07. The highest BCUT2D eigenvalue weighted by Gasteiger charge is 2.18. The number of hydrogen-bond acceptors (Lipinski definition) is 4. The lowest BCUT2D eigenvalue weighted by molar-refractivity contribution is -0.115. The van der Waals surface area contributed by atoms with Crippen LogP contribution < -0.4 is 16.4 Å². The van der Waals surface area contributed by atoms with Gasteiger partial charge in [-0.05, 0) is 40.8 Å². The van der Waals surface area contributed by atoms with E-state index < -0.39 is 5.91 Å². The number of primary amides is 1. The minimum atomic E-state index is -0.541. The van der Waals surface area contributed by atoms with Crippen LogP contribution in [0.2, 0.25) is 0 Å². The first-order valence-electron chi connectivity index (χ1n) is 9.33. The zero-order chi connectivity index (χ0) is 20.0. The molecule has 146 valence electrons. The number of nitrogens with two attached hydrogens (primary N) is 1.